The molecule has 0 aromatic heterocycles. The molecule has 3 nitrogen and oxygen atoms in total. The van der Waals surface area contributed by atoms with Gasteiger partial charge in [0.25, 0.3) is 0 Å². The molecule has 0 saturated heterocycles. The first-order valence-electron chi connectivity index (χ1n) is 6.24. The van der Waals surface area contributed by atoms with Crippen LogP contribution in [0.3, 0.4) is 0 Å². The van der Waals surface area contributed by atoms with Gasteiger partial charge in [0, 0.05) is 6.04 Å². The third kappa shape index (κ3) is 3.10. The van der Waals surface area contributed by atoms with E-state index in [-0.39, 0.29) is 5.41 Å². The zero-order chi connectivity index (χ0) is 14.1. The summed E-state index contributed by atoms with van der Waals surface area (Å²) in [6, 6.07) is 5.64. The van der Waals surface area contributed by atoms with Crippen molar-refractivity contribution in [3.8, 4) is 0 Å². The highest BCUT2D eigenvalue weighted by Crippen LogP contribution is 2.28. The highest BCUT2D eigenvalue weighted by Gasteiger charge is 2.23. The number of hydrogen-bond acceptors (Lipinski definition) is 2. The molecule has 1 aromatic rings. The summed E-state index contributed by atoms with van der Waals surface area (Å²) in [5.41, 5.74) is 9.32. The fourth-order valence-electron chi connectivity index (χ4n) is 1.94. The smallest absolute Gasteiger partial charge is 0.308 e. The highest BCUT2D eigenvalue weighted by atomic mass is 16.4. The molecule has 0 spiro atoms. The summed E-state index contributed by atoms with van der Waals surface area (Å²) in [4.78, 5) is 11.0. The van der Waals surface area contributed by atoms with Gasteiger partial charge in [-0.05, 0) is 29.0 Å². The number of carboxylic acid groups (broad SMARTS) is 1. The Kier molecular flexibility index (Phi) is 4.17. The number of aryl methyl sites for hydroxylation is 1. The molecule has 0 radical (unpaired) electrons. The van der Waals surface area contributed by atoms with E-state index < -0.39 is 17.9 Å². The average molecular weight is 249 g/mol. The zero-order valence-corrected chi connectivity index (χ0v) is 11.8. The molecule has 1 aromatic carbocycles. The summed E-state index contributed by atoms with van der Waals surface area (Å²) in [7, 11) is 0. The van der Waals surface area contributed by atoms with Crippen LogP contribution in [0.4, 0.5) is 0 Å². The van der Waals surface area contributed by atoms with E-state index in [0.29, 0.717) is 0 Å². The van der Waals surface area contributed by atoms with Crippen LogP contribution in [-0.2, 0) is 10.2 Å². The van der Waals surface area contributed by atoms with Crippen LogP contribution in [-0.4, -0.2) is 11.1 Å². The highest BCUT2D eigenvalue weighted by molar-refractivity contribution is 5.70. The van der Waals surface area contributed by atoms with Gasteiger partial charge in [0.2, 0.25) is 0 Å². The molecule has 0 amide bonds. The standard InChI is InChI=1S/C15H23NO2/c1-9-8-11(15(3,4)5)6-7-12(9)13(16)10(2)14(17)18/h6-8,10,13H,16H2,1-5H3,(H,17,18). The summed E-state index contributed by atoms with van der Waals surface area (Å²) in [5, 5.41) is 9.01. The first-order chi connectivity index (χ1) is 8.14. The van der Waals surface area contributed by atoms with Crippen molar-refractivity contribution in [2.24, 2.45) is 11.7 Å². The Hall–Kier alpha value is -1.35. The second-order valence-electron chi connectivity index (χ2n) is 5.97. The van der Waals surface area contributed by atoms with E-state index in [1.807, 2.05) is 19.1 Å². The van der Waals surface area contributed by atoms with Gasteiger partial charge in [-0.1, -0.05) is 45.9 Å². The second-order valence-corrected chi connectivity index (χ2v) is 5.97. The van der Waals surface area contributed by atoms with Crippen LogP contribution in [0.2, 0.25) is 0 Å². The van der Waals surface area contributed by atoms with Crippen LogP contribution < -0.4 is 5.73 Å². The molecule has 2 atom stereocenters. The molecule has 0 bridgehead atoms. The molecule has 0 aliphatic rings. The Morgan fingerprint density at radius 1 is 1.33 bits per heavy atom. The molecule has 0 fully saturated rings. The molecule has 2 unspecified atom stereocenters. The van der Waals surface area contributed by atoms with Crippen molar-refractivity contribution in [2.45, 2.75) is 46.1 Å². The molecular weight excluding hydrogens is 226 g/mol. The quantitative estimate of drug-likeness (QED) is 0.865. The van der Waals surface area contributed by atoms with Crippen molar-refractivity contribution < 1.29 is 9.90 Å². The lowest BCUT2D eigenvalue weighted by Crippen LogP contribution is -2.26. The molecule has 0 saturated carbocycles. The minimum atomic E-state index is -0.859. The lowest BCUT2D eigenvalue weighted by atomic mass is 9.83. The van der Waals surface area contributed by atoms with Crippen molar-refractivity contribution in [2.75, 3.05) is 0 Å². The number of rotatable bonds is 3. The Balaban J connectivity index is 3.10. The van der Waals surface area contributed by atoms with Crippen LogP contribution in [0.1, 0.15) is 50.4 Å². The first kappa shape index (κ1) is 14.7. The maximum Gasteiger partial charge on any atom is 0.308 e. The van der Waals surface area contributed by atoms with Crippen LogP contribution >= 0.6 is 0 Å². The third-order valence-electron chi connectivity index (χ3n) is 3.42. The van der Waals surface area contributed by atoms with Gasteiger partial charge in [0.15, 0.2) is 0 Å². The van der Waals surface area contributed by atoms with Crippen molar-refractivity contribution in [1.29, 1.82) is 0 Å². The zero-order valence-electron chi connectivity index (χ0n) is 11.8. The number of carbonyl (C=O) groups is 1. The number of carboxylic acids is 1. The molecule has 3 N–H and O–H groups in total. The predicted molar refractivity (Wildman–Crippen MR) is 73.6 cm³/mol. The normalized spacial score (nSPS) is 15.2. The Morgan fingerprint density at radius 2 is 1.89 bits per heavy atom. The number of aliphatic carboxylic acids is 1. The predicted octanol–water partition coefficient (Wildman–Crippen LogP) is 3.01. The Bertz CT molecular complexity index is 446. The monoisotopic (exact) mass is 249 g/mol. The van der Waals surface area contributed by atoms with E-state index in [4.69, 9.17) is 10.8 Å². The topological polar surface area (TPSA) is 63.3 Å². The lowest BCUT2D eigenvalue weighted by Gasteiger charge is -2.23. The SMILES string of the molecule is Cc1cc(C(C)(C)C)ccc1C(N)C(C)C(=O)O. The number of hydrogen-bond donors (Lipinski definition) is 2. The largest absolute Gasteiger partial charge is 0.481 e. The Morgan fingerprint density at radius 3 is 2.28 bits per heavy atom. The molecule has 0 heterocycles. The van der Waals surface area contributed by atoms with E-state index in [2.05, 4.69) is 26.8 Å². The summed E-state index contributed by atoms with van der Waals surface area (Å²) >= 11 is 0. The van der Waals surface area contributed by atoms with Crippen LogP contribution in [0, 0.1) is 12.8 Å². The van der Waals surface area contributed by atoms with E-state index in [1.54, 1.807) is 6.92 Å². The average Bonchev–Trinajstić information content (AvgIpc) is 2.25. The molecule has 0 aliphatic carbocycles. The number of nitrogens with two attached hydrogens (primary N) is 1. The van der Waals surface area contributed by atoms with Crippen LogP contribution in [0.25, 0.3) is 0 Å². The first-order valence-corrected chi connectivity index (χ1v) is 6.24. The summed E-state index contributed by atoms with van der Waals surface area (Å²) < 4.78 is 0. The van der Waals surface area contributed by atoms with E-state index >= 15 is 0 Å². The second kappa shape index (κ2) is 5.11. The van der Waals surface area contributed by atoms with Gasteiger partial charge in [-0.15, -0.1) is 0 Å². The lowest BCUT2D eigenvalue weighted by molar-refractivity contribution is -0.141. The third-order valence-corrected chi connectivity index (χ3v) is 3.42. The molecule has 100 valence electrons. The maximum absolute atomic E-state index is 11.0. The molecular formula is C15H23NO2. The molecule has 18 heavy (non-hydrogen) atoms. The van der Waals surface area contributed by atoms with Crippen molar-refractivity contribution >= 4 is 5.97 Å². The number of benzene rings is 1. The molecule has 0 aliphatic heterocycles. The van der Waals surface area contributed by atoms with Crippen LogP contribution in [0.15, 0.2) is 18.2 Å². The van der Waals surface area contributed by atoms with Crippen molar-refractivity contribution in [3.05, 3.63) is 34.9 Å². The summed E-state index contributed by atoms with van der Waals surface area (Å²) in [5.74, 6) is -1.44. The van der Waals surface area contributed by atoms with Crippen LogP contribution in [0.5, 0.6) is 0 Å². The van der Waals surface area contributed by atoms with E-state index in [0.717, 1.165) is 11.1 Å². The van der Waals surface area contributed by atoms with Gasteiger partial charge < -0.3 is 10.8 Å². The van der Waals surface area contributed by atoms with Gasteiger partial charge in [-0.2, -0.15) is 0 Å². The molecule has 3 heteroatoms. The summed E-state index contributed by atoms with van der Waals surface area (Å²) in [6.45, 7) is 10.1. The van der Waals surface area contributed by atoms with Gasteiger partial charge in [-0.3, -0.25) is 4.79 Å². The minimum Gasteiger partial charge on any atom is -0.481 e. The molecule has 1 rings (SSSR count). The fraction of sp³-hybridized carbons (Fsp3) is 0.533. The van der Waals surface area contributed by atoms with E-state index in [9.17, 15) is 4.79 Å². The minimum absolute atomic E-state index is 0.0891. The van der Waals surface area contributed by atoms with Gasteiger partial charge >= 0.3 is 5.97 Å². The van der Waals surface area contributed by atoms with Crippen molar-refractivity contribution in [1.82, 2.24) is 0 Å². The van der Waals surface area contributed by atoms with Crippen molar-refractivity contribution in [3.63, 3.8) is 0 Å². The van der Waals surface area contributed by atoms with Gasteiger partial charge in [0.05, 0.1) is 5.92 Å². The maximum atomic E-state index is 11.0. The fourth-order valence-corrected chi connectivity index (χ4v) is 1.94. The summed E-state index contributed by atoms with van der Waals surface area (Å²) in [6.07, 6.45) is 0. The Labute approximate surface area is 109 Å². The van der Waals surface area contributed by atoms with E-state index in [1.165, 1.54) is 5.56 Å². The van der Waals surface area contributed by atoms with Gasteiger partial charge in [0.1, 0.15) is 0 Å². The van der Waals surface area contributed by atoms with Gasteiger partial charge in [-0.25, -0.2) is 0 Å².